The Bertz CT molecular complexity index is 392. The molecule has 0 spiro atoms. The summed E-state index contributed by atoms with van der Waals surface area (Å²) in [5.74, 6) is 0.803. The van der Waals surface area contributed by atoms with Crippen molar-refractivity contribution in [3.8, 4) is 0 Å². The molecule has 1 saturated heterocycles. The van der Waals surface area contributed by atoms with Crippen LogP contribution in [0.15, 0.2) is 11.4 Å². The second kappa shape index (κ2) is 7.12. The lowest BCUT2D eigenvalue weighted by atomic mass is 9.94. The second-order valence-corrected chi connectivity index (χ2v) is 5.69. The topological polar surface area (TPSA) is 46.3 Å². The summed E-state index contributed by atoms with van der Waals surface area (Å²) in [5, 5.41) is 1.99. The van der Waals surface area contributed by atoms with E-state index in [-0.39, 0.29) is 18.3 Å². The van der Waals surface area contributed by atoms with Gasteiger partial charge in [0.15, 0.2) is 0 Å². The third-order valence-electron chi connectivity index (χ3n) is 3.44. The van der Waals surface area contributed by atoms with Gasteiger partial charge in [0, 0.05) is 13.1 Å². The highest BCUT2D eigenvalue weighted by molar-refractivity contribution is 7.12. The fraction of sp³-hybridized carbons (Fsp3) is 0.615. The minimum atomic E-state index is 0. The van der Waals surface area contributed by atoms with Gasteiger partial charge in [-0.15, -0.1) is 23.7 Å². The number of rotatable bonds is 3. The molecule has 1 unspecified atom stereocenters. The van der Waals surface area contributed by atoms with Crippen LogP contribution in [0.1, 0.15) is 34.5 Å². The number of nitrogens with zero attached hydrogens (tertiary/aromatic N) is 1. The van der Waals surface area contributed by atoms with E-state index in [9.17, 15) is 4.79 Å². The molecule has 0 saturated carbocycles. The molecule has 3 nitrogen and oxygen atoms in total. The standard InChI is InChI=1S/C13H20N2OS.ClH/c1-10-5-8-17-12(10)13(16)15-7-2-3-11(9-15)4-6-14;/h5,8,11H,2-4,6-7,9,14H2,1H3;1H. The van der Waals surface area contributed by atoms with E-state index < -0.39 is 0 Å². The predicted octanol–water partition coefficient (Wildman–Crippen LogP) is 2.68. The third-order valence-corrected chi connectivity index (χ3v) is 4.44. The van der Waals surface area contributed by atoms with Crippen molar-refractivity contribution in [2.24, 2.45) is 11.7 Å². The number of carbonyl (C=O) groups is 1. The Kier molecular flexibility index (Phi) is 6.12. The van der Waals surface area contributed by atoms with E-state index in [0.717, 1.165) is 42.9 Å². The lowest BCUT2D eigenvalue weighted by Gasteiger charge is -2.32. The van der Waals surface area contributed by atoms with Crippen LogP contribution in [0, 0.1) is 12.8 Å². The Morgan fingerprint density at radius 2 is 2.39 bits per heavy atom. The van der Waals surface area contributed by atoms with E-state index in [1.54, 1.807) is 11.3 Å². The summed E-state index contributed by atoms with van der Waals surface area (Å²) < 4.78 is 0. The molecule has 1 amide bonds. The van der Waals surface area contributed by atoms with Crippen LogP contribution in [0.25, 0.3) is 0 Å². The van der Waals surface area contributed by atoms with E-state index in [0.29, 0.717) is 5.92 Å². The monoisotopic (exact) mass is 288 g/mol. The fourth-order valence-electron chi connectivity index (χ4n) is 2.46. The maximum atomic E-state index is 12.3. The Balaban J connectivity index is 0.00000162. The first-order valence-electron chi connectivity index (χ1n) is 6.26. The smallest absolute Gasteiger partial charge is 0.264 e. The highest BCUT2D eigenvalue weighted by Crippen LogP contribution is 2.23. The molecule has 102 valence electrons. The van der Waals surface area contributed by atoms with E-state index in [4.69, 9.17) is 5.73 Å². The number of piperidine rings is 1. The first kappa shape index (κ1) is 15.5. The van der Waals surface area contributed by atoms with Gasteiger partial charge in [-0.05, 0) is 55.7 Å². The molecule has 2 heterocycles. The molecule has 18 heavy (non-hydrogen) atoms. The van der Waals surface area contributed by atoms with Crippen LogP contribution >= 0.6 is 23.7 Å². The van der Waals surface area contributed by atoms with E-state index >= 15 is 0 Å². The zero-order valence-corrected chi connectivity index (χ0v) is 12.4. The number of aryl methyl sites for hydroxylation is 1. The number of hydrogen-bond acceptors (Lipinski definition) is 3. The molecule has 1 aromatic heterocycles. The van der Waals surface area contributed by atoms with Gasteiger partial charge in [0.25, 0.3) is 5.91 Å². The highest BCUT2D eigenvalue weighted by Gasteiger charge is 2.25. The molecule has 5 heteroatoms. The average molecular weight is 289 g/mol. The molecule has 0 aliphatic carbocycles. The molecule has 0 bridgehead atoms. The van der Waals surface area contributed by atoms with Crippen molar-refractivity contribution in [3.63, 3.8) is 0 Å². The van der Waals surface area contributed by atoms with Crippen molar-refractivity contribution >= 4 is 29.7 Å². The van der Waals surface area contributed by atoms with Crippen molar-refractivity contribution < 1.29 is 4.79 Å². The van der Waals surface area contributed by atoms with E-state index in [2.05, 4.69) is 0 Å². The molecule has 2 rings (SSSR count). The summed E-state index contributed by atoms with van der Waals surface area (Å²) in [4.78, 5) is 15.2. The Labute approximate surface area is 119 Å². The third kappa shape index (κ3) is 3.46. The summed E-state index contributed by atoms with van der Waals surface area (Å²) in [6, 6.07) is 2.01. The van der Waals surface area contributed by atoms with Gasteiger partial charge < -0.3 is 10.6 Å². The number of likely N-dealkylation sites (tertiary alicyclic amines) is 1. The fourth-order valence-corrected chi connectivity index (χ4v) is 3.35. The van der Waals surface area contributed by atoms with Gasteiger partial charge in [0.05, 0.1) is 4.88 Å². The second-order valence-electron chi connectivity index (χ2n) is 4.77. The summed E-state index contributed by atoms with van der Waals surface area (Å²) in [6.07, 6.45) is 3.36. The summed E-state index contributed by atoms with van der Waals surface area (Å²) >= 11 is 1.55. The maximum absolute atomic E-state index is 12.3. The van der Waals surface area contributed by atoms with Crippen LogP contribution in [-0.2, 0) is 0 Å². The van der Waals surface area contributed by atoms with E-state index in [1.807, 2.05) is 23.3 Å². The summed E-state index contributed by atoms with van der Waals surface area (Å²) in [6.45, 7) is 4.51. The predicted molar refractivity (Wildman–Crippen MR) is 78.6 cm³/mol. The number of nitrogens with two attached hydrogens (primary N) is 1. The lowest BCUT2D eigenvalue weighted by Crippen LogP contribution is -2.40. The van der Waals surface area contributed by atoms with Crippen molar-refractivity contribution in [1.29, 1.82) is 0 Å². The normalized spacial score (nSPS) is 19.4. The number of thiophene rings is 1. The molecule has 1 aliphatic rings. The van der Waals surface area contributed by atoms with Crippen LogP contribution in [-0.4, -0.2) is 30.4 Å². The van der Waals surface area contributed by atoms with Crippen LogP contribution in [0.2, 0.25) is 0 Å². The number of halogens is 1. The van der Waals surface area contributed by atoms with Crippen LogP contribution < -0.4 is 5.73 Å². The molecule has 1 atom stereocenters. The number of amides is 1. The van der Waals surface area contributed by atoms with Gasteiger partial charge in [-0.3, -0.25) is 4.79 Å². The molecule has 1 fully saturated rings. The maximum Gasteiger partial charge on any atom is 0.264 e. The van der Waals surface area contributed by atoms with Crippen molar-refractivity contribution in [2.75, 3.05) is 19.6 Å². The van der Waals surface area contributed by atoms with Gasteiger partial charge in [-0.25, -0.2) is 0 Å². The van der Waals surface area contributed by atoms with Crippen molar-refractivity contribution in [2.45, 2.75) is 26.2 Å². The van der Waals surface area contributed by atoms with Gasteiger partial charge in [-0.1, -0.05) is 0 Å². The summed E-state index contributed by atoms with van der Waals surface area (Å²) in [7, 11) is 0. The largest absolute Gasteiger partial charge is 0.338 e. The van der Waals surface area contributed by atoms with Crippen LogP contribution in [0.5, 0.6) is 0 Å². The lowest BCUT2D eigenvalue weighted by molar-refractivity contribution is 0.0674. The number of hydrogen-bond donors (Lipinski definition) is 1. The first-order chi connectivity index (χ1) is 8.22. The zero-order chi connectivity index (χ0) is 12.3. The quantitative estimate of drug-likeness (QED) is 0.929. The van der Waals surface area contributed by atoms with Gasteiger partial charge in [0.2, 0.25) is 0 Å². The van der Waals surface area contributed by atoms with Gasteiger partial charge in [-0.2, -0.15) is 0 Å². The molecule has 1 aliphatic heterocycles. The molecular formula is C13H21ClN2OS. The Morgan fingerprint density at radius 1 is 1.61 bits per heavy atom. The zero-order valence-electron chi connectivity index (χ0n) is 10.7. The Morgan fingerprint density at radius 3 is 3.00 bits per heavy atom. The highest BCUT2D eigenvalue weighted by atomic mass is 35.5. The average Bonchev–Trinajstić information content (AvgIpc) is 2.75. The van der Waals surface area contributed by atoms with Crippen molar-refractivity contribution in [3.05, 3.63) is 21.9 Å². The SMILES string of the molecule is Cc1ccsc1C(=O)N1CCCC(CCN)C1.Cl. The van der Waals surface area contributed by atoms with Gasteiger partial charge in [0.1, 0.15) is 0 Å². The van der Waals surface area contributed by atoms with E-state index in [1.165, 1.54) is 6.42 Å². The molecular weight excluding hydrogens is 268 g/mol. The molecule has 2 N–H and O–H groups in total. The van der Waals surface area contributed by atoms with Crippen LogP contribution in [0.4, 0.5) is 0 Å². The minimum Gasteiger partial charge on any atom is -0.338 e. The minimum absolute atomic E-state index is 0. The first-order valence-corrected chi connectivity index (χ1v) is 7.13. The molecule has 1 aromatic rings. The van der Waals surface area contributed by atoms with Crippen molar-refractivity contribution in [1.82, 2.24) is 4.90 Å². The number of carbonyl (C=O) groups excluding carboxylic acids is 1. The summed E-state index contributed by atoms with van der Waals surface area (Å²) in [5.41, 5.74) is 6.70. The molecule has 0 radical (unpaired) electrons. The Hall–Kier alpha value is -0.580. The van der Waals surface area contributed by atoms with Gasteiger partial charge >= 0.3 is 0 Å². The van der Waals surface area contributed by atoms with Crippen LogP contribution in [0.3, 0.4) is 0 Å². The molecule has 0 aromatic carbocycles.